The molecule has 0 aliphatic rings. The highest BCUT2D eigenvalue weighted by molar-refractivity contribution is 9.10. The summed E-state index contributed by atoms with van der Waals surface area (Å²) in [5.74, 6) is -0.278. The highest BCUT2D eigenvalue weighted by atomic mass is 79.9. The predicted octanol–water partition coefficient (Wildman–Crippen LogP) is 3.38. The summed E-state index contributed by atoms with van der Waals surface area (Å²) in [6.45, 7) is 1.91. The zero-order valence-corrected chi connectivity index (χ0v) is 12.4. The lowest BCUT2D eigenvalue weighted by Crippen LogP contribution is -2.27. The molecule has 1 N–H and O–H groups in total. The average molecular weight is 341 g/mol. The van der Waals surface area contributed by atoms with E-state index >= 15 is 0 Å². The Bertz CT molecular complexity index is 571. The summed E-state index contributed by atoms with van der Waals surface area (Å²) in [6, 6.07) is 7.64. The molecule has 0 saturated heterocycles. The van der Waals surface area contributed by atoms with Crippen molar-refractivity contribution in [2.24, 2.45) is 0 Å². The molecule has 0 aliphatic carbocycles. The van der Waals surface area contributed by atoms with Gasteiger partial charge in [0.05, 0.1) is 18.4 Å². The Morgan fingerprint density at radius 3 is 2.53 bits per heavy atom. The van der Waals surface area contributed by atoms with Gasteiger partial charge in [-0.15, -0.1) is 0 Å². The summed E-state index contributed by atoms with van der Waals surface area (Å²) in [7, 11) is 0. The summed E-state index contributed by atoms with van der Waals surface area (Å²) in [5, 5.41) is 3.11. The predicted molar refractivity (Wildman–Crippen MR) is 77.1 cm³/mol. The summed E-state index contributed by atoms with van der Waals surface area (Å²) in [6.07, 6.45) is 2.70. The SMILES string of the molecule is CC(NC(=O)c1cnc(Cl)cn1)c1ccc(Br)cc1. The highest BCUT2D eigenvalue weighted by Crippen LogP contribution is 2.16. The summed E-state index contributed by atoms with van der Waals surface area (Å²) >= 11 is 8.99. The zero-order chi connectivity index (χ0) is 13.8. The highest BCUT2D eigenvalue weighted by Gasteiger charge is 2.12. The quantitative estimate of drug-likeness (QED) is 0.932. The Morgan fingerprint density at radius 2 is 1.95 bits per heavy atom. The molecule has 0 aliphatic heterocycles. The van der Waals surface area contributed by atoms with E-state index in [9.17, 15) is 4.79 Å². The number of carbonyl (C=O) groups excluding carboxylic acids is 1. The summed E-state index contributed by atoms with van der Waals surface area (Å²) < 4.78 is 0.998. The maximum atomic E-state index is 11.9. The molecule has 4 nitrogen and oxygen atoms in total. The lowest BCUT2D eigenvalue weighted by Gasteiger charge is -2.13. The van der Waals surface area contributed by atoms with Crippen molar-refractivity contribution in [1.29, 1.82) is 0 Å². The molecule has 0 fully saturated rings. The van der Waals surface area contributed by atoms with Crippen LogP contribution in [0.3, 0.4) is 0 Å². The maximum Gasteiger partial charge on any atom is 0.271 e. The van der Waals surface area contributed by atoms with Crippen LogP contribution in [0.1, 0.15) is 29.0 Å². The van der Waals surface area contributed by atoms with Gasteiger partial charge in [0.25, 0.3) is 5.91 Å². The molecule has 1 amide bonds. The average Bonchev–Trinajstić information content (AvgIpc) is 2.40. The van der Waals surface area contributed by atoms with Crippen molar-refractivity contribution in [3.05, 3.63) is 57.5 Å². The molecule has 2 aromatic rings. The fourth-order valence-electron chi connectivity index (χ4n) is 1.53. The van der Waals surface area contributed by atoms with Crippen molar-refractivity contribution in [3.63, 3.8) is 0 Å². The number of benzene rings is 1. The van der Waals surface area contributed by atoms with E-state index in [-0.39, 0.29) is 22.8 Å². The molecule has 0 spiro atoms. The van der Waals surface area contributed by atoms with Crippen molar-refractivity contribution in [3.8, 4) is 0 Å². The second-order valence-electron chi connectivity index (χ2n) is 3.97. The first-order valence-corrected chi connectivity index (χ1v) is 6.77. The molecule has 2 rings (SSSR count). The Balaban J connectivity index is 2.06. The van der Waals surface area contributed by atoms with Crippen LogP contribution in [0.4, 0.5) is 0 Å². The lowest BCUT2D eigenvalue weighted by atomic mass is 10.1. The van der Waals surface area contributed by atoms with Crippen molar-refractivity contribution in [2.45, 2.75) is 13.0 Å². The van der Waals surface area contributed by atoms with Crippen molar-refractivity contribution >= 4 is 33.4 Å². The molecule has 0 saturated carbocycles. The van der Waals surface area contributed by atoms with Crippen LogP contribution in [0.25, 0.3) is 0 Å². The number of hydrogen-bond donors (Lipinski definition) is 1. The molecule has 1 heterocycles. The number of nitrogens with one attached hydrogen (secondary N) is 1. The van der Waals surface area contributed by atoms with Gasteiger partial charge in [-0.25, -0.2) is 9.97 Å². The van der Waals surface area contributed by atoms with E-state index in [4.69, 9.17) is 11.6 Å². The monoisotopic (exact) mass is 339 g/mol. The van der Waals surface area contributed by atoms with E-state index in [2.05, 4.69) is 31.2 Å². The number of hydrogen-bond acceptors (Lipinski definition) is 3. The molecule has 98 valence electrons. The normalized spacial score (nSPS) is 11.9. The van der Waals surface area contributed by atoms with E-state index in [1.807, 2.05) is 31.2 Å². The first kappa shape index (κ1) is 14.0. The number of carbonyl (C=O) groups is 1. The number of rotatable bonds is 3. The van der Waals surface area contributed by atoms with Crippen LogP contribution in [0.2, 0.25) is 5.15 Å². The first-order chi connectivity index (χ1) is 9.06. The topological polar surface area (TPSA) is 54.9 Å². The standard InChI is InChI=1S/C13H11BrClN3O/c1-8(9-2-4-10(14)5-3-9)18-13(19)11-6-17-12(15)7-16-11/h2-8H,1H3,(H,18,19). The van der Waals surface area contributed by atoms with Crippen molar-refractivity contribution in [2.75, 3.05) is 0 Å². The van der Waals surface area contributed by atoms with Gasteiger partial charge >= 0.3 is 0 Å². The zero-order valence-electron chi connectivity index (χ0n) is 10.1. The third kappa shape index (κ3) is 3.75. The molecule has 1 unspecified atom stereocenters. The van der Waals surface area contributed by atoms with Gasteiger partial charge in [0.2, 0.25) is 0 Å². The number of aromatic nitrogens is 2. The molecular formula is C13H11BrClN3O. The molecule has 6 heteroatoms. The van der Waals surface area contributed by atoms with Crippen molar-refractivity contribution < 1.29 is 4.79 Å². The van der Waals surface area contributed by atoms with E-state index in [0.717, 1.165) is 10.0 Å². The Labute approximate surface area is 124 Å². The third-order valence-electron chi connectivity index (χ3n) is 2.57. The number of amides is 1. The Morgan fingerprint density at radius 1 is 1.26 bits per heavy atom. The molecule has 1 atom stereocenters. The number of halogens is 2. The molecule has 0 radical (unpaired) electrons. The largest absolute Gasteiger partial charge is 0.344 e. The first-order valence-electron chi connectivity index (χ1n) is 5.60. The second kappa shape index (κ2) is 6.12. The van der Waals surface area contributed by atoms with Gasteiger partial charge in [0.15, 0.2) is 0 Å². The van der Waals surface area contributed by atoms with Crippen LogP contribution in [-0.2, 0) is 0 Å². The minimum Gasteiger partial charge on any atom is -0.344 e. The lowest BCUT2D eigenvalue weighted by molar-refractivity contribution is 0.0934. The molecule has 0 bridgehead atoms. The number of nitrogens with zero attached hydrogens (tertiary/aromatic N) is 2. The van der Waals surface area contributed by atoms with Gasteiger partial charge in [-0.3, -0.25) is 4.79 Å². The minimum atomic E-state index is -0.278. The molecule has 1 aromatic carbocycles. The maximum absolute atomic E-state index is 11.9. The molecule has 19 heavy (non-hydrogen) atoms. The van der Waals surface area contributed by atoms with Crippen LogP contribution in [0, 0.1) is 0 Å². The van der Waals surface area contributed by atoms with Gasteiger partial charge < -0.3 is 5.32 Å². The molecule has 1 aromatic heterocycles. The van der Waals surface area contributed by atoms with Crippen molar-refractivity contribution in [1.82, 2.24) is 15.3 Å². The molecular weight excluding hydrogens is 330 g/mol. The van der Waals surface area contributed by atoms with E-state index in [0.29, 0.717) is 0 Å². The van der Waals surface area contributed by atoms with Crippen LogP contribution in [0.15, 0.2) is 41.1 Å². The Hall–Kier alpha value is -1.46. The van der Waals surface area contributed by atoms with Crippen LogP contribution in [-0.4, -0.2) is 15.9 Å². The minimum absolute atomic E-state index is 0.113. The second-order valence-corrected chi connectivity index (χ2v) is 5.27. The van der Waals surface area contributed by atoms with Gasteiger partial charge in [-0.2, -0.15) is 0 Å². The smallest absolute Gasteiger partial charge is 0.271 e. The van der Waals surface area contributed by atoms with Crippen LogP contribution < -0.4 is 5.32 Å². The van der Waals surface area contributed by atoms with E-state index < -0.39 is 0 Å². The summed E-state index contributed by atoms with van der Waals surface area (Å²) in [5.41, 5.74) is 1.26. The third-order valence-corrected chi connectivity index (χ3v) is 3.29. The van der Waals surface area contributed by atoms with E-state index in [1.165, 1.54) is 12.4 Å². The van der Waals surface area contributed by atoms with Gasteiger partial charge in [-0.05, 0) is 24.6 Å². The van der Waals surface area contributed by atoms with Gasteiger partial charge in [-0.1, -0.05) is 39.7 Å². The van der Waals surface area contributed by atoms with E-state index in [1.54, 1.807) is 0 Å². The van der Waals surface area contributed by atoms with Gasteiger partial charge in [0, 0.05) is 4.47 Å². The fourth-order valence-corrected chi connectivity index (χ4v) is 1.90. The summed E-state index contributed by atoms with van der Waals surface area (Å²) in [4.78, 5) is 19.7. The van der Waals surface area contributed by atoms with Crippen LogP contribution in [0.5, 0.6) is 0 Å². The van der Waals surface area contributed by atoms with Gasteiger partial charge in [0.1, 0.15) is 10.8 Å². The van der Waals surface area contributed by atoms with Crippen LogP contribution >= 0.6 is 27.5 Å². The fraction of sp³-hybridized carbons (Fsp3) is 0.154. The Kier molecular flexibility index (Phi) is 4.50.